The SMILES string of the molecule is CCCC(O)CNCC1CCN(C)CC1. The van der Waals surface area contributed by atoms with Crippen molar-refractivity contribution >= 4 is 0 Å². The molecule has 0 radical (unpaired) electrons. The number of rotatable bonds is 6. The molecule has 0 amide bonds. The molecule has 1 saturated heterocycles. The average molecular weight is 214 g/mol. The van der Waals surface area contributed by atoms with Crippen molar-refractivity contribution in [3.05, 3.63) is 0 Å². The van der Waals surface area contributed by atoms with E-state index in [0.29, 0.717) is 0 Å². The molecule has 15 heavy (non-hydrogen) atoms. The van der Waals surface area contributed by atoms with Gasteiger partial charge in [-0.2, -0.15) is 0 Å². The minimum absolute atomic E-state index is 0.152. The number of likely N-dealkylation sites (tertiary alicyclic amines) is 1. The van der Waals surface area contributed by atoms with E-state index in [2.05, 4.69) is 24.2 Å². The summed E-state index contributed by atoms with van der Waals surface area (Å²) in [6.07, 6.45) is 4.43. The van der Waals surface area contributed by atoms with Crippen LogP contribution in [-0.2, 0) is 0 Å². The van der Waals surface area contributed by atoms with E-state index >= 15 is 0 Å². The van der Waals surface area contributed by atoms with E-state index in [0.717, 1.165) is 31.8 Å². The van der Waals surface area contributed by atoms with Crippen LogP contribution in [0.1, 0.15) is 32.6 Å². The molecule has 3 heteroatoms. The average Bonchev–Trinajstić information content (AvgIpc) is 2.21. The van der Waals surface area contributed by atoms with E-state index < -0.39 is 0 Å². The number of hydrogen-bond acceptors (Lipinski definition) is 3. The molecule has 1 unspecified atom stereocenters. The van der Waals surface area contributed by atoms with E-state index in [1.165, 1.54) is 25.9 Å². The molecule has 2 N–H and O–H groups in total. The molecular formula is C12H26N2O. The maximum absolute atomic E-state index is 9.55. The van der Waals surface area contributed by atoms with Gasteiger partial charge in [0.1, 0.15) is 0 Å². The van der Waals surface area contributed by atoms with Gasteiger partial charge in [0.05, 0.1) is 6.10 Å². The summed E-state index contributed by atoms with van der Waals surface area (Å²) in [6.45, 7) is 6.41. The summed E-state index contributed by atoms with van der Waals surface area (Å²) in [5.74, 6) is 0.815. The van der Waals surface area contributed by atoms with Crippen LogP contribution in [0.2, 0.25) is 0 Å². The molecule has 0 bridgehead atoms. The van der Waals surface area contributed by atoms with E-state index in [1.54, 1.807) is 0 Å². The van der Waals surface area contributed by atoms with Crippen molar-refractivity contribution in [3.63, 3.8) is 0 Å². The van der Waals surface area contributed by atoms with Crippen molar-refractivity contribution in [1.29, 1.82) is 0 Å². The Morgan fingerprint density at radius 2 is 2.07 bits per heavy atom. The Labute approximate surface area is 93.9 Å². The fourth-order valence-electron chi connectivity index (χ4n) is 2.16. The zero-order valence-corrected chi connectivity index (χ0v) is 10.2. The number of hydrogen-bond donors (Lipinski definition) is 2. The Kier molecular flexibility index (Phi) is 6.22. The molecule has 1 heterocycles. The lowest BCUT2D eigenvalue weighted by atomic mass is 9.97. The van der Waals surface area contributed by atoms with Crippen molar-refractivity contribution in [2.75, 3.05) is 33.2 Å². The first kappa shape index (κ1) is 12.9. The smallest absolute Gasteiger partial charge is 0.0664 e. The highest BCUT2D eigenvalue weighted by Crippen LogP contribution is 2.14. The van der Waals surface area contributed by atoms with Crippen LogP contribution in [-0.4, -0.2) is 49.3 Å². The van der Waals surface area contributed by atoms with Gasteiger partial charge in [0.25, 0.3) is 0 Å². The molecule has 1 aliphatic heterocycles. The largest absolute Gasteiger partial charge is 0.392 e. The van der Waals surface area contributed by atoms with Crippen LogP contribution in [0.25, 0.3) is 0 Å². The zero-order valence-electron chi connectivity index (χ0n) is 10.2. The van der Waals surface area contributed by atoms with E-state index in [1.807, 2.05) is 0 Å². The summed E-state index contributed by atoms with van der Waals surface area (Å²) < 4.78 is 0. The molecule has 1 rings (SSSR count). The molecule has 1 atom stereocenters. The summed E-state index contributed by atoms with van der Waals surface area (Å²) in [4.78, 5) is 2.39. The van der Waals surface area contributed by atoms with Gasteiger partial charge in [-0.1, -0.05) is 13.3 Å². The van der Waals surface area contributed by atoms with Crippen molar-refractivity contribution in [2.24, 2.45) is 5.92 Å². The second kappa shape index (κ2) is 7.20. The highest BCUT2D eigenvalue weighted by molar-refractivity contribution is 4.72. The van der Waals surface area contributed by atoms with Crippen molar-refractivity contribution < 1.29 is 5.11 Å². The van der Waals surface area contributed by atoms with Crippen LogP contribution in [0, 0.1) is 5.92 Å². The lowest BCUT2D eigenvalue weighted by molar-refractivity contribution is 0.154. The fraction of sp³-hybridized carbons (Fsp3) is 1.00. The second-order valence-corrected chi connectivity index (χ2v) is 4.85. The van der Waals surface area contributed by atoms with Crippen LogP contribution < -0.4 is 5.32 Å². The molecule has 1 fully saturated rings. The van der Waals surface area contributed by atoms with Crippen LogP contribution in [0.4, 0.5) is 0 Å². The highest BCUT2D eigenvalue weighted by Gasteiger charge is 2.16. The minimum atomic E-state index is -0.152. The van der Waals surface area contributed by atoms with Gasteiger partial charge in [0, 0.05) is 6.54 Å². The number of piperidine rings is 1. The third-order valence-electron chi connectivity index (χ3n) is 3.27. The van der Waals surface area contributed by atoms with Gasteiger partial charge in [-0.3, -0.25) is 0 Å². The molecule has 0 aliphatic carbocycles. The number of aliphatic hydroxyl groups is 1. The molecule has 0 aromatic rings. The molecule has 0 aromatic heterocycles. The maximum Gasteiger partial charge on any atom is 0.0664 e. The zero-order chi connectivity index (χ0) is 11.1. The molecule has 1 aliphatic rings. The number of nitrogens with zero attached hydrogens (tertiary/aromatic N) is 1. The summed E-state index contributed by atoms with van der Waals surface area (Å²) in [5.41, 5.74) is 0. The molecule has 90 valence electrons. The van der Waals surface area contributed by atoms with Crippen molar-refractivity contribution in [1.82, 2.24) is 10.2 Å². The summed E-state index contributed by atoms with van der Waals surface area (Å²) in [5, 5.41) is 12.9. The fourth-order valence-corrected chi connectivity index (χ4v) is 2.16. The first-order valence-electron chi connectivity index (χ1n) is 6.29. The normalized spacial score (nSPS) is 21.8. The Hall–Kier alpha value is -0.120. The first-order chi connectivity index (χ1) is 7.22. The van der Waals surface area contributed by atoms with E-state index in [9.17, 15) is 5.11 Å². The Morgan fingerprint density at radius 1 is 1.40 bits per heavy atom. The topological polar surface area (TPSA) is 35.5 Å². The summed E-state index contributed by atoms with van der Waals surface area (Å²) >= 11 is 0. The van der Waals surface area contributed by atoms with Gasteiger partial charge in [-0.15, -0.1) is 0 Å². The van der Waals surface area contributed by atoms with Gasteiger partial charge in [-0.05, 0) is 51.9 Å². The van der Waals surface area contributed by atoms with Crippen LogP contribution >= 0.6 is 0 Å². The summed E-state index contributed by atoms with van der Waals surface area (Å²) in [6, 6.07) is 0. The van der Waals surface area contributed by atoms with E-state index in [4.69, 9.17) is 0 Å². The molecule has 0 spiro atoms. The monoisotopic (exact) mass is 214 g/mol. The molecule has 3 nitrogen and oxygen atoms in total. The molecular weight excluding hydrogens is 188 g/mol. The predicted octanol–water partition coefficient (Wildman–Crippen LogP) is 1.08. The van der Waals surface area contributed by atoms with Gasteiger partial charge >= 0.3 is 0 Å². The third kappa shape index (κ3) is 5.50. The van der Waals surface area contributed by atoms with Crippen LogP contribution in [0.15, 0.2) is 0 Å². The first-order valence-corrected chi connectivity index (χ1v) is 6.29. The maximum atomic E-state index is 9.55. The lowest BCUT2D eigenvalue weighted by Gasteiger charge is -2.29. The lowest BCUT2D eigenvalue weighted by Crippen LogP contribution is -2.37. The van der Waals surface area contributed by atoms with Gasteiger partial charge in [-0.25, -0.2) is 0 Å². The third-order valence-corrected chi connectivity index (χ3v) is 3.27. The number of aliphatic hydroxyl groups excluding tert-OH is 1. The van der Waals surface area contributed by atoms with Crippen molar-refractivity contribution in [2.45, 2.75) is 38.7 Å². The Morgan fingerprint density at radius 3 is 2.67 bits per heavy atom. The van der Waals surface area contributed by atoms with Gasteiger partial charge < -0.3 is 15.3 Å². The van der Waals surface area contributed by atoms with Gasteiger partial charge in [0.15, 0.2) is 0 Å². The quantitative estimate of drug-likeness (QED) is 0.694. The standard InChI is InChI=1S/C12H26N2O/c1-3-4-12(15)10-13-9-11-5-7-14(2)8-6-11/h11-13,15H,3-10H2,1-2H3. The summed E-state index contributed by atoms with van der Waals surface area (Å²) in [7, 11) is 2.19. The number of nitrogens with one attached hydrogen (secondary N) is 1. The van der Waals surface area contributed by atoms with E-state index in [-0.39, 0.29) is 6.10 Å². The molecule has 0 saturated carbocycles. The Balaban J connectivity index is 2.00. The minimum Gasteiger partial charge on any atom is -0.392 e. The Bertz CT molecular complexity index is 156. The van der Waals surface area contributed by atoms with Crippen molar-refractivity contribution in [3.8, 4) is 0 Å². The van der Waals surface area contributed by atoms with Crippen LogP contribution in [0.3, 0.4) is 0 Å². The van der Waals surface area contributed by atoms with Crippen LogP contribution in [0.5, 0.6) is 0 Å². The van der Waals surface area contributed by atoms with Gasteiger partial charge in [0.2, 0.25) is 0 Å². The molecule has 0 aromatic carbocycles. The second-order valence-electron chi connectivity index (χ2n) is 4.85. The predicted molar refractivity (Wildman–Crippen MR) is 64.0 cm³/mol. The highest BCUT2D eigenvalue weighted by atomic mass is 16.3.